The van der Waals surface area contributed by atoms with Crippen LogP contribution in [0, 0.1) is 11.7 Å². The van der Waals surface area contributed by atoms with Gasteiger partial charge in [-0.3, -0.25) is 15.6 Å². The molecule has 27 heavy (non-hydrogen) atoms. The quantitative estimate of drug-likeness (QED) is 0.499. The highest BCUT2D eigenvalue weighted by molar-refractivity contribution is 7.80. The minimum Gasteiger partial charge on any atom is -0.489 e. The summed E-state index contributed by atoms with van der Waals surface area (Å²) in [7, 11) is 0. The molecule has 0 aliphatic rings. The Balaban J connectivity index is 1.82. The van der Waals surface area contributed by atoms with E-state index >= 15 is 0 Å². The van der Waals surface area contributed by atoms with Crippen LogP contribution in [-0.4, -0.2) is 17.6 Å². The number of halogens is 1. The highest BCUT2D eigenvalue weighted by Gasteiger charge is 2.07. The second kappa shape index (κ2) is 10.5. The van der Waals surface area contributed by atoms with Crippen molar-refractivity contribution >= 4 is 23.2 Å². The lowest BCUT2D eigenvalue weighted by atomic mass is 10.1. The van der Waals surface area contributed by atoms with E-state index in [1.54, 1.807) is 36.4 Å². The number of thiocarbonyl (C=S) groups is 1. The second-order valence-corrected chi connectivity index (χ2v) is 6.87. The third-order valence-electron chi connectivity index (χ3n) is 3.71. The van der Waals surface area contributed by atoms with Gasteiger partial charge in [0.05, 0.1) is 0 Å². The Bertz CT molecular complexity index is 766. The molecule has 0 heterocycles. The first kappa shape index (κ1) is 20.6. The average Bonchev–Trinajstić information content (AvgIpc) is 2.65. The molecule has 0 aromatic heterocycles. The van der Waals surface area contributed by atoms with Gasteiger partial charge >= 0.3 is 0 Å². The fourth-order valence-corrected chi connectivity index (χ4v) is 2.33. The molecule has 0 saturated heterocycles. The molecule has 0 atom stereocenters. The van der Waals surface area contributed by atoms with E-state index in [-0.39, 0.29) is 18.3 Å². The summed E-state index contributed by atoms with van der Waals surface area (Å²) in [4.78, 5) is 12.2. The van der Waals surface area contributed by atoms with Gasteiger partial charge in [0.25, 0.3) is 5.91 Å². The molecular formula is C20H24FN3O2S. The van der Waals surface area contributed by atoms with Crippen molar-refractivity contribution in [2.75, 3.05) is 6.54 Å². The molecule has 2 aromatic carbocycles. The third kappa shape index (κ3) is 7.62. The number of amides is 1. The summed E-state index contributed by atoms with van der Waals surface area (Å²) in [6, 6.07) is 12.9. The number of hydrazine groups is 1. The first-order valence-corrected chi connectivity index (χ1v) is 9.16. The summed E-state index contributed by atoms with van der Waals surface area (Å²) in [6.45, 7) is 5.29. The maximum Gasteiger partial charge on any atom is 0.269 e. The SMILES string of the molecule is CC(C)CCNC(=S)NNC(=O)c1cccc(OCc2ccc(F)cc2)c1. The van der Waals surface area contributed by atoms with Gasteiger partial charge in [-0.2, -0.15) is 0 Å². The number of carbonyl (C=O) groups is 1. The zero-order valence-electron chi connectivity index (χ0n) is 15.4. The van der Waals surface area contributed by atoms with Crippen LogP contribution in [0.15, 0.2) is 48.5 Å². The Morgan fingerprint density at radius 3 is 2.59 bits per heavy atom. The molecule has 5 nitrogen and oxygen atoms in total. The van der Waals surface area contributed by atoms with Crippen LogP contribution in [0.3, 0.4) is 0 Å². The summed E-state index contributed by atoms with van der Waals surface area (Å²) in [6.07, 6.45) is 0.989. The van der Waals surface area contributed by atoms with Gasteiger partial charge in [0.15, 0.2) is 5.11 Å². The van der Waals surface area contributed by atoms with Gasteiger partial charge in [0.1, 0.15) is 18.2 Å². The maximum atomic E-state index is 12.9. The van der Waals surface area contributed by atoms with E-state index in [4.69, 9.17) is 17.0 Å². The molecule has 2 rings (SSSR count). The van der Waals surface area contributed by atoms with Crippen LogP contribution in [0.5, 0.6) is 5.75 Å². The monoisotopic (exact) mass is 389 g/mol. The highest BCUT2D eigenvalue weighted by Crippen LogP contribution is 2.15. The Hall–Kier alpha value is -2.67. The number of rotatable bonds is 7. The molecule has 3 N–H and O–H groups in total. The first-order valence-electron chi connectivity index (χ1n) is 8.75. The van der Waals surface area contributed by atoms with Crippen LogP contribution in [0.4, 0.5) is 4.39 Å². The average molecular weight is 389 g/mol. The van der Waals surface area contributed by atoms with Crippen LogP contribution in [-0.2, 0) is 6.61 Å². The van der Waals surface area contributed by atoms with Crippen molar-refractivity contribution in [3.8, 4) is 5.75 Å². The standard InChI is InChI=1S/C20H24FN3O2S/c1-14(2)10-11-22-20(27)24-23-19(25)16-4-3-5-18(12-16)26-13-15-6-8-17(21)9-7-15/h3-9,12,14H,10-11,13H2,1-2H3,(H,23,25)(H2,22,24,27). The molecule has 0 aliphatic carbocycles. The number of hydrogen-bond acceptors (Lipinski definition) is 3. The fourth-order valence-electron chi connectivity index (χ4n) is 2.18. The van der Waals surface area contributed by atoms with E-state index in [1.165, 1.54) is 12.1 Å². The number of nitrogens with one attached hydrogen (secondary N) is 3. The van der Waals surface area contributed by atoms with Gasteiger partial charge in [-0.25, -0.2) is 4.39 Å². The second-order valence-electron chi connectivity index (χ2n) is 6.46. The van der Waals surface area contributed by atoms with Crippen molar-refractivity contribution in [3.63, 3.8) is 0 Å². The van der Waals surface area contributed by atoms with Crippen LogP contribution < -0.4 is 20.9 Å². The van der Waals surface area contributed by atoms with Crippen molar-refractivity contribution in [1.29, 1.82) is 0 Å². The molecule has 144 valence electrons. The molecule has 0 bridgehead atoms. The van der Waals surface area contributed by atoms with E-state index < -0.39 is 0 Å². The Labute approximate surface area is 164 Å². The Morgan fingerprint density at radius 1 is 1.15 bits per heavy atom. The van der Waals surface area contributed by atoms with E-state index in [9.17, 15) is 9.18 Å². The number of ether oxygens (including phenoxy) is 1. The van der Waals surface area contributed by atoms with E-state index in [2.05, 4.69) is 30.0 Å². The first-order chi connectivity index (χ1) is 12.9. The van der Waals surface area contributed by atoms with Crippen LogP contribution in [0.25, 0.3) is 0 Å². The summed E-state index contributed by atoms with van der Waals surface area (Å²) in [5, 5.41) is 3.40. The summed E-state index contributed by atoms with van der Waals surface area (Å²) >= 11 is 5.12. The lowest BCUT2D eigenvalue weighted by Gasteiger charge is -2.13. The smallest absolute Gasteiger partial charge is 0.269 e. The van der Waals surface area contributed by atoms with Crippen LogP contribution >= 0.6 is 12.2 Å². The number of hydrogen-bond donors (Lipinski definition) is 3. The van der Waals surface area contributed by atoms with Crippen LogP contribution in [0.2, 0.25) is 0 Å². The zero-order chi connectivity index (χ0) is 19.6. The fraction of sp³-hybridized carbons (Fsp3) is 0.300. The van der Waals surface area contributed by atoms with E-state index in [1.807, 2.05) is 0 Å². The van der Waals surface area contributed by atoms with Crippen LogP contribution in [0.1, 0.15) is 36.2 Å². The van der Waals surface area contributed by atoms with Gasteiger partial charge in [0, 0.05) is 12.1 Å². The van der Waals surface area contributed by atoms with Crippen molar-refractivity contribution in [1.82, 2.24) is 16.2 Å². The molecular weight excluding hydrogens is 365 g/mol. The number of benzene rings is 2. The highest BCUT2D eigenvalue weighted by atomic mass is 32.1. The molecule has 0 fully saturated rings. The van der Waals surface area contributed by atoms with Crippen molar-refractivity contribution < 1.29 is 13.9 Å². The van der Waals surface area contributed by atoms with Gasteiger partial charge in [-0.15, -0.1) is 0 Å². The van der Waals surface area contributed by atoms with Gasteiger partial charge in [0.2, 0.25) is 0 Å². The van der Waals surface area contributed by atoms with E-state index in [0.29, 0.717) is 22.3 Å². The Kier molecular flexibility index (Phi) is 8.00. The van der Waals surface area contributed by atoms with Gasteiger partial charge < -0.3 is 10.1 Å². The summed E-state index contributed by atoms with van der Waals surface area (Å²) in [5.41, 5.74) is 6.51. The lowest BCUT2D eigenvalue weighted by Crippen LogP contribution is -2.47. The third-order valence-corrected chi connectivity index (χ3v) is 3.96. The topological polar surface area (TPSA) is 62.4 Å². The minimum atomic E-state index is -0.324. The predicted molar refractivity (Wildman–Crippen MR) is 108 cm³/mol. The zero-order valence-corrected chi connectivity index (χ0v) is 16.2. The predicted octanol–water partition coefficient (Wildman–Crippen LogP) is 3.56. The van der Waals surface area contributed by atoms with Crippen molar-refractivity contribution in [2.24, 2.45) is 5.92 Å². The summed E-state index contributed by atoms with van der Waals surface area (Å²) in [5.74, 6) is 0.508. The molecule has 2 aromatic rings. The van der Waals surface area contributed by atoms with Gasteiger partial charge in [-0.1, -0.05) is 32.0 Å². The molecule has 0 spiro atoms. The minimum absolute atomic E-state index is 0.285. The van der Waals surface area contributed by atoms with Crippen molar-refractivity contribution in [3.05, 3.63) is 65.5 Å². The van der Waals surface area contributed by atoms with Crippen molar-refractivity contribution in [2.45, 2.75) is 26.9 Å². The van der Waals surface area contributed by atoms with E-state index in [0.717, 1.165) is 18.5 Å². The lowest BCUT2D eigenvalue weighted by molar-refractivity contribution is 0.0943. The van der Waals surface area contributed by atoms with Gasteiger partial charge in [-0.05, 0) is 60.5 Å². The molecule has 1 amide bonds. The molecule has 0 aliphatic heterocycles. The normalized spacial score (nSPS) is 10.4. The molecule has 7 heteroatoms. The molecule has 0 unspecified atom stereocenters. The number of carbonyl (C=O) groups excluding carboxylic acids is 1. The molecule has 0 radical (unpaired) electrons. The maximum absolute atomic E-state index is 12.9. The molecule has 0 saturated carbocycles. The summed E-state index contributed by atoms with van der Waals surface area (Å²) < 4.78 is 18.6. The Morgan fingerprint density at radius 2 is 1.89 bits per heavy atom. The largest absolute Gasteiger partial charge is 0.489 e.